The van der Waals surface area contributed by atoms with Crippen molar-refractivity contribution in [2.75, 3.05) is 7.05 Å². The van der Waals surface area contributed by atoms with Gasteiger partial charge in [-0.25, -0.2) is 0 Å². The molecule has 0 bridgehead atoms. The quantitative estimate of drug-likeness (QED) is 0.801. The molecule has 0 aliphatic carbocycles. The van der Waals surface area contributed by atoms with Crippen LogP contribution in [0.3, 0.4) is 0 Å². The number of rotatable bonds is 2. The molecule has 1 aromatic carbocycles. The highest BCUT2D eigenvalue weighted by molar-refractivity contribution is 6.33. The Bertz CT molecular complexity index is 347. The molecule has 0 atom stereocenters. The number of halogens is 1. The first-order valence-electron chi connectivity index (χ1n) is 4.57. The second-order valence-electron chi connectivity index (χ2n) is 3.47. The van der Waals surface area contributed by atoms with Crippen LogP contribution >= 0.6 is 11.6 Å². The molecular weight excluding hydrogens is 198 g/mol. The molecule has 1 aromatic rings. The van der Waals surface area contributed by atoms with Crippen molar-refractivity contribution in [1.29, 1.82) is 0 Å². The van der Waals surface area contributed by atoms with E-state index in [4.69, 9.17) is 11.6 Å². The molecule has 0 heterocycles. The normalized spacial score (nSPS) is 10.4. The van der Waals surface area contributed by atoms with Gasteiger partial charge in [0.1, 0.15) is 0 Å². The second kappa shape index (κ2) is 4.47. The fourth-order valence-electron chi connectivity index (χ4n) is 1.21. The van der Waals surface area contributed by atoms with Crippen LogP contribution in [0, 0.1) is 0 Å². The molecule has 76 valence electrons. The summed E-state index contributed by atoms with van der Waals surface area (Å²) in [4.78, 5) is 11.3. The molecule has 14 heavy (non-hydrogen) atoms. The van der Waals surface area contributed by atoms with Crippen LogP contribution in [0.5, 0.6) is 0 Å². The molecule has 0 spiro atoms. The molecule has 1 amide bonds. The number of nitrogens with one attached hydrogen (secondary N) is 1. The van der Waals surface area contributed by atoms with Gasteiger partial charge in [0.25, 0.3) is 5.91 Å². The number of hydrogen-bond donors (Lipinski definition) is 1. The molecule has 1 N–H and O–H groups in total. The number of carbonyl (C=O) groups is 1. The Balaban J connectivity index is 3.07. The fraction of sp³-hybridized carbons (Fsp3) is 0.364. The summed E-state index contributed by atoms with van der Waals surface area (Å²) in [5, 5.41) is 3.06. The first-order chi connectivity index (χ1) is 6.56. The average molecular weight is 212 g/mol. The van der Waals surface area contributed by atoms with Crippen LogP contribution in [-0.4, -0.2) is 13.0 Å². The monoisotopic (exact) mass is 211 g/mol. The van der Waals surface area contributed by atoms with Crippen LogP contribution in [0.25, 0.3) is 0 Å². The molecular formula is C11H14ClNO. The minimum atomic E-state index is -0.148. The molecule has 0 saturated carbocycles. The third-order valence-corrected chi connectivity index (χ3v) is 2.44. The predicted molar refractivity (Wildman–Crippen MR) is 58.9 cm³/mol. The molecule has 0 aliphatic rings. The highest BCUT2D eigenvalue weighted by atomic mass is 35.5. The van der Waals surface area contributed by atoms with E-state index in [0.717, 1.165) is 5.56 Å². The summed E-state index contributed by atoms with van der Waals surface area (Å²) >= 11 is 5.99. The third kappa shape index (κ3) is 2.26. The Hall–Kier alpha value is -1.02. The van der Waals surface area contributed by atoms with Crippen LogP contribution < -0.4 is 5.32 Å². The van der Waals surface area contributed by atoms with Gasteiger partial charge in [-0.2, -0.15) is 0 Å². The van der Waals surface area contributed by atoms with Gasteiger partial charge in [-0.1, -0.05) is 31.5 Å². The van der Waals surface area contributed by atoms with E-state index in [1.807, 2.05) is 12.1 Å². The summed E-state index contributed by atoms with van der Waals surface area (Å²) in [5.41, 5.74) is 1.67. The lowest BCUT2D eigenvalue weighted by Gasteiger charge is -2.08. The van der Waals surface area contributed by atoms with E-state index in [2.05, 4.69) is 19.2 Å². The number of amides is 1. The van der Waals surface area contributed by atoms with Gasteiger partial charge in [-0.15, -0.1) is 0 Å². The van der Waals surface area contributed by atoms with Crippen molar-refractivity contribution in [1.82, 2.24) is 5.32 Å². The van der Waals surface area contributed by atoms with E-state index in [1.54, 1.807) is 13.1 Å². The van der Waals surface area contributed by atoms with E-state index < -0.39 is 0 Å². The molecule has 0 unspecified atom stereocenters. The maximum atomic E-state index is 11.3. The molecule has 0 aliphatic heterocycles. The van der Waals surface area contributed by atoms with Crippen molar-refractivity contribution < 1.29 is 4.79 Å². The Morgan fingerprint density at radius 2 is 2.07 bits per heavy atom. The maximum absolute atomic E-state index is 11.3. The summed E-state index contributed by atoms with van der Waals surface area (Å²) in [6, 6.07) is 5.54. The number of benzene rings is 1. The zero-order valence-electron chi connectivity index (χ0n) is 8.60. The first-order valence-corrected chi connectivity index (χ1v) is 4.95. The van der Waals surface area contributed by atoms with Crippen LogP contribution in [-0.2, 0) is 0 Å². The number of hydrogen-bond acceptors (Lipinski definition) is 1. The van der Waals surface area contributed by atoms with Gasteiger partial charge in [0.05, 0.1) is 10.6 Å². The Morgan fingerprint density at radius 1 is 1.43 bits per heavy atom. The fourth-order valence-corrected chi connectivity index (χ4v) is 1.48. The Morgan fingerprint density at radius 3 is 2.50 bits per heavy atom. The lowest BCUT2D eigenvalue weighted by Crippen LogP contribution is -2.18. The van der Waals surface area contributed by atoms with Crippen molar-refractivity contribution in [3.05, 3.63) is 34.3 Å². The van der Waals surface area contributed by atoms with Crippen LogP contribution in [0.4, 0.5) is 0 Å². The summed E-state index contributed by atoms with van der Waals surface area (Å²) in [6.07, 6.45) is 0. The highest BCUT2D eigenvalue weighted by Gasteiger charge is 2.09. The minimum absolute atomic E-state index is 0.148. The van der Waals surface area contributed by atoms with Gasteiger partial charge in [0.2, 0.25) is 0 Å². The highest BCUT2D eigenvalue weighted by Crippen LogP contribution is 2.22. The van der Waals surface area contributed by atoms with Crippen molar-refractivity contribution in [2.45, 2.75) is 19.8 Å². The third-order valence-electron chi connectivity index (χ3n) is 2.13. The smallest absolute Gasteiger partial charge is 0.252 e. The summed E-state index contributed by atoms with van der Waals surface area (Å²) in [7, 11) is 1.59. The molecule has 2 nitrogen and oxygen atoms in total. The first kappa shape index (κ1) is 11.1. The van der Waals surface area contributed by atoms with Gasteiger partial charge in [0.15, 0.2) is 0 Å². The van der Waals surface area contributed by atoms with Crippen molar-refractivity contribution in [3.8, 4) is 0 Å². The van der Waals surface area contributed by atoms with Crippen molar-refractivity contribution in [2.24, 2.45) is 0 Å². The summed E-state index contributed by atoms with van der Waals surface area (Å²) < 4.78 is 0. The van der Waals surface area contributed by atoms with Crippen LogP contribution in [0.2, 0.25) is 5.02 Å². The molecule has 0 saturated heterocycles. The molecule has 0 aromatic heterocycles. The lowest BCUT2D eigenvalue weighted by molar-refractivity contribution is 0.0963. The summed E-state index contributed by atoms with van der Waals surface area (Å²) in [6.45, 7) is 4.18. The zero-order chi connectivity index (χ0) is 10.7. The van der Waals surface area contributed by atoms with E-state index in [1.165, 1.54) is 0 Å². The summed E-state index contributed by atoms with van der Waals surface area (Å²) in [5.74, 6) is 0.275. The van der Waals surface area contributed by atoms with Crippen molar-refractivity contribution >= 4 is 17.5 Å². The predicted octanol–water partition coefficient (Wildman–Crippen LogP) is 2.82. The standard InChI is InChI=1S/C11H14ClNO/c1-7(2)8-4-5-9(10(12)6-8)11(14)13-3/h4-7H,1-3H3,(H,13,14). The van der Waals surface area contributed by atoms with Crippen molar-refractivity contribution in [3.63, 3.8) is 0 Å². The zero-order valence-corrected chi connectivity index (χ0v) is 9.35. The Labute approximate surface area is 89.3 Å². The SMILES string of the molecule is CNC(=O)c1ccc(C(C)C)cc1Cl. The average Bonchev–Trinajstić information content (AvgIpc) is 2.16. The van der Waals surface area contributed by atoms with Crippen LogP contribution in [0.15, 0.2) is 18.2 Å². The Kier molecular flexibility index (Phi) is 3.53. The van der Waals surface area contributed by atoms with Crippen LogP contribution in [0.1, 0.15) is 35.7 Å². The topological polar surface area (TPSA) is 29.1 Å². The van der Waals surface area contributed by atoms with Gasteiger partial charge < -0.3 is 5.32 Å². The lowest BCUT2D eigenvalue weighted by atomic mass is 10.0. The van der Waals surface area contributed by atoms with Gasteiger partial charge in [-0.3, -0.25) is 4.79 Å². The minimum Gasteiger partial charge on any atom is -0.355 e. The number of carbonyl (C=O) groups excluding carboxylic acids is 1. The molecule has 3 heteroatoms. The molecule has 0 radical (unpaired) electrons. The van der Waals surface area contributed by atoms with E-state index in [0.29, 0.717) is 16.5 Å². The maximum Gasteiger partial charge on any atom is 0.252 e. The second-order valence-corrected chi connectivity index (χ2v) is 3.88. The van der Waals surface area contributed by atoms with Gasteiger partial charge in [-0.05, 0) is 23.6 Å². The largest absolute Gasteiger partial charge is 0.355 e. The van der Waals surface area contributed by atoms with E-state index in [9.17, 15) is 4.79 Å². The van der Waals surface area contributed by atoms with E-state index in [-0.39, 0.29) is 5.91 Å². The molecule has 0 fully saturated rings. The van der Waals surface area contributed by atoms with Gasteiger partial charge >= 0.3 is 0 Å². The molecule has 1 rings (SSSR count). The van der Waals surface area contributed by atoms with Gasteiger partial charge in [0, 0.05) is 7.05 Å². The van der Waals surface area contributed by atoms with E-state index >= 15 is 0 Å².